The second-order valence-corrected chi connectivity index (χ2v) is 6.85. The Kier molecular flexibility index (Phi) is 3.63. The van der Waals surface area contributed by atoms with E-state index >= 15 is 0 Å². The van der Waals surface area contributed by atoms with Gasteiger partial charge in [-0.25, -0.2) is 0 Å². The lowest BCUT2D eigenvalue weighted by molar-refractivity contribution is -0.384. The number of nitriles is 1. The quantitative estimate of drug-likeness (QED) is 0.330. The van der Waals surface area contributed by atoms with Crippen LogP contribution in [-0.2, 0) is 0 Å². The third-order valence-corrected chi connectivity index (χ3v) is 5.29. The minimum absolute atomic E-state index is 0.0341. The van der Waals surface area contributed by atoms with E-state index in [1.807, 2.05) is 6.07 Å². The molecule has 1 aliphatic rings. The van der Waals surface area contributed by atoms with E-state index in [1.165, 1.54) is 18.2 Å². The van der Waals surface area contributed by atoms with Crippen LogP contribution in [0.1, 0.15) is 37.5 Å². The van der Waals surface area contributed by atoms with Gasteiger partial charge in [0.2, 0.25) is 5.78 Å². The fourth-order valence-corrected chi connectivity index (χ4v) is 4.00. The number of nitro benzene ring substituents is 1. The molecule has 0 atom stereocenters. The molecule has 5 rings (SSSR count). The summed E-state index contributed by atoms with van der Waals surface area (Å²) in [6, 6.07) is 19.5. The molecule has 7 nitrogen and oxygen atoms in total. The number of hydrogen-bond donors (Lipinski definition) is 0. The number of nitrogens with zero attached hydrogens (tertiary/aromatic N) is 3. The number of nitro groups is 1. The molecule has 0 saturated heterocycles. The molecule has 30 heavy (non-hydrogen) atoms. The van der Waals surface area contributed by atoms with Crippen molar-refractivity contribution in [2.24, 2.45) is 0 Å². The fourth-order valence-electron chi connectivity index (χ4n) is 4.00. The smallest absolute Gasteiger partial charge is 0.270 e. The van der Waals surface area contributed by atoms with Crippen LogP contribution in [0.3, 0.4) is 0 Å². The molecule has 0 N–H and O–H groups in total. The van der Waals surface area contributed by atoms with E-state index in [9.17, 15) is 25.0 Å². The molecule has 4 aromatic rings. The summed E-state index contributed by atoms with van der Waals surface area (Å²) in [5, 5.41) is 21.4. The van der Waals surface area contributed by atoms with Gasteiger partial charge in [0, 0.05) is 28.6 Å². The Morgan fingerprint density at radius 1 is 0.900 bits per heavy atom. The number of carbonyl (C=O) groups is 2. The highest BCUT2D eigenvalue weighted by Crippen LogP contribution is 2.38. The van der Waals surface area contributed by atoms with E-state index in [1.54, 1.807) is 53.1 Å². The highest BCUT2D eigenvalue weighted by molar-refractivity contribution is 6.32. The standard InChI is InChI=1S/C23H11N3O4/c24-12-13-11-14(26(29)30)9-10-18(13)25-19-8-4-3-7-17(19)20-21(25)23(28)16-6-2-1-5-15(16)22(20)27/h1-11H. The average Bonchev–Trinajstić information content (AvgIpc) is 3.12. The van der Waals surface area contributed by atoms with E-state index in [0.717, 1.165) is 0 Å². The molecule has 0 saturated carbocycles. The van der Waals surface area contributed by atoms with Crippen molar-refractivity contribution in [2.45, 2.75) is 0 Å². The van der Waals surface area contributed by atoms with Crippen LogP contribution in [0.15, 0.2) is 66.7 Å². The molecule has 7 heteroatoms. The predicted octanol–water partition coefficient (Wildman–Crippen LogP) is 4.19. The van der Waals surface area contributed by atoms with Crippen LogP contribution in [0.2, 0.25) is 0 Å². The van der Waals surface area contributed by atoms with Gasteiger partial charge in [-0.1, -0.05) is 42.5 Å². The first-order valence-corrected chi connectivity index (χ1v) is 9.03. The number of carbonyl (C=O) groups excluding carboxylic acids is 2. The average molecular weight is 393 g/mol. The number of hydrogen-bond acceptors (Lipinski definition) is 5. The summed E-state index contributed by atoms with van der Waals surface area (Å²) < 4.78 is 1.56. The molecule has 1 aromatic heterocycles. The third kappa shape index (κ3) is 2.25. The molecule has 1 aliphatic carbocycles. The highest BCUT2D eigenvalue weighted by Gasteiger charge is 2.36. The predicted molar refractivity (Wildman–Crippen MR) is 108 cm³/mol. The minimum Gasteiger partial charge on any atom is -0.304 e. The zero-order valence-corrected chi connectivity index (χ0v) is 15.3. The Bertz CT molecular complexity index is 1470. The first kappa shape index (κ1) is 17.5. The first-order valence-electron chi connectivity index (χ1n) is 9.03. The van der Waals surface area contributed by atoms with Gasteiger partial charge in [-0.2, -0.15) is 5.26 Å². The van der Waals surface area contributed by atoms with Crippen molar-refractivity contribution in [3.8, 4) is 11.8 Å². The molecule has 0 bridgehead atoms. The molecule has 0 spiro atoms. The lowest BCUT2D eigenvalue weighted by atomic mass is 9.87. The zero-order chi connectivity index (χ0) is 21.0. The summed E-state index contributed by atoms with van der Waals surface area (Å²) in [7, 11) is 0. The van der Waals surface area contributed by atoms with Crippen LogP contribution in [0.4, 0.5) is 5.69 Å². The summed E-state index contributed by atoms with van der Waals surface area (Å²) >= 11 is 0. The number of ketones is 2. The van der Waals surface area contributed by atoms with Gasteiger partial charge in [0.1, 0.15) is 11.8 Å². The molecule has 0 fully saturated rings. The summed E-state index contributed by atoms with van der Waals surface area (Å²) in [5.41, 5.74) is 1.74. The van der Waals surface area contributed by atoms with Gasteiger partial charge in [-0.3, -0.25) is 19.7 Å². The van der Waals surface area contributed by atoms with Crippen molar-refractivity contribution in [1.82, 2.24) is 4.57 Å². The number of benzene rings is 3. The molecule has 1 heterocycles. The summed E-state index contributed by atoms with van der Waals surface area (Å²) in [4.78, 5) is 37.3. The summed E-state index contributed by atoms with van der Waals surface area (Å²) in [6.45, 7) is 0. The van der Waals surface area contributed by atoms with Crippen molar-refractivity contribution in [3.63, 3.8) is 0 Å². The second-order valence-electron chi connectivity index (χ2n) is 6.85. The normalized spacial score (nSPS) is 12.4. The van der Waals surface area contributed by atoms with Gasteiger partial charge >= 0.3 is 0 Å². The maximum absolute atomic E-state index is 13.4. The number of aromatic nitrogens is 1. The minimum atomic E-state index is -0.585. The number of rotatable bonds is 2. The van der Waals surface area contributed by atoms with Crippen molar-refractivity contribution < 1.29 is 14.5 Å². The molecule has 142 valence electrons. The number of fused-ring (bicyclic) bond motifs is 4. The van der Waals surface area contributed by atoms with Crippen LogP contribution in [0, 0.1) is 21.4 Å². The van der Waals surface area contributed by atoms with Crippen LogP contribution < -0.4 is 0 Å². The topological polar surface area (TPSA) is 106 Å². The van der Waals surface area contributed by atoms with Crippen LogP contribution in [-0.4, -0.2) is 21.1 Å². The van der Waals surface area contributed by atoms with E-state index in [0.29, 0.717) is 27.7 Å². The van der Waals surface area contributed by atoms with Crippen LogP contribution >= 0.6 is 0 Å². The van der Waals surface area contributed by atoms with E-state index in [2.05, 4.69) is 0 Å². The molecular formula is C23H11N3O4. The lowest BCUT2D eigenvalue weighted by Gasteiger charge is -2.18. The van der Waals surface area contributed by atoms with Crippen LogP contribution in [0.25, 0.3) is 16.6 Å². The number of non-ortho nitro benzene ring substituents is 1. The molecule has 0 aliphatic heterocycles. The van der Waals surface area contributed by atoms with E-state index in [4.69, 9.17) is 0 Å². The lowest BCUT2D eigenvalue weighted by Crippen LogP contribution is -2.22. The maximum atomic E-state index is 13.4. The fraction of sp³-hybridized carbons (Fsp3) is 0. The van der Waals surface area contributed by atoms with Crippen LogP contribution in [0.5, 0.6) is 0 Å². The van der Waals surface area contributed by atoms with Gasteiger partial charge in [-0.05, 0) is 12.1 Å². The SMILES string of the molecule is N#Cc1cc([N+](=O)[O-])ccc1-n1c2c(c3ccccc31)C(=O)c1ccccc1C2=O. The Hall–Kier alpha value is -4.57. The Labute approximate surface area is 169 Å². The first-order chi connectivity index (χ1) is 14.5. The van der Waals surface area contributed by atoms with Gasteiger partial charge in [0.25, 0.3) is 5.69 Å². The summed E-state index contributed by atoms with van der Waals surface area (Å²) in [6.07, 6.45) is 0. The van der Waals surface area contributed by atoms with E-state index < -0.39 is 4.92 Å². The molecule has 0 radical (unpaired) electrons. The Morgan fingerprint density at radius 3 is 2.27 bits per heavy atom. The monoisotopic (exact) mass is 393 g/mol. The van der Waals surface area contributed by atoms with Gasteiger partial charge in [-0.15, -0.1) is 0 Å². The largest absolute Gasteiger partial charge is 0.304 e. The third-order valence-electron chi connectivity index (χ3n) is 5.29. The highest BCUT2D eigenvalue weighted by atomic mass is 16.6. The molecule has 3 aromatic carbocycles. The van der Waals surface area contributed by atoms with Gasteiger partial charge in [0.05, 0.1) is 27.3 Å². The summed E-state index contributed by atoms with van der Waals surface area (Å²) in [5.74, 6) is -0.603. The Balaban J connectivity index is 1.91. The van der Waals surface area contributed by atoms with Crippen molar-refractivity contribution in [2.75, 3.05) is 0 Å². The number of para-hydroxylation sites is 1. The maximum Gasteiger partial charge on any atom is 0.270 e. The molecular weight excluding hydrogens is 382 g/mol. The van der Waals surface area contributed by atoms with Crippen molar-refractivity contribution >= 4 is 28.2 Å². The second kappa shape index (κ2) is 6.22. The molecule has 0 amide bonds. The van der Waals surface area contributed by atoms with Crippen molar-refractivity contribution in [3.05, 3.63) is 105 Å². The van der Waals surface area contributed by atoms with Crippen molar-refractivity contribution in [1.29, 1.82) is 5.26 Å². The van der Waals surface area contributed by atoms with E-state index in [-0.39, 0.29) is 34.1 Å². The Morgan fingerprint density at radius 2 is 1.57 bits per heavy atom. The van der Waals surface area contributed by atoms with Gasteiger partial charge < -0.3 is 4.57 Å². The molecule has 0 unspecified atom stereocenters. The zero-order valence-electron chi connectivity index (χ0n) is 15.3. The van der Waals surface area contributed by atoms with Gasteiger partial charge in [0.15, 0.2) is 5.78 Å².